The molecule has 4 nitrogen and oxygen atoms in total. The summed E-state index contributed by atoms with van der Waals surface area (Å²) in [4.78, 5) is 0. The molecule has 1 atom stereocenters. The number of hydrogen-bond donors (Lipinski definition) is 2. The highest BCUT2D eigenvalue weighted by atomic mass is 16.5. The third-order valence-corrected chi connectivity index (χ3v) is 1.83. The van der Waals surface area contributed by atoms with E-state index >= 15 is 0 Å². The van der Waals surface area contributed by atoms with Crippen LogP contribution in [0.15, 0.2) is 4.52 Å². The van der Waals surface area contributed by atoms with E-state index in [0.29, 0.717) is 11.9 Å². The highest BCUT2D eigenvalue weighted by Gasteiger charge is 2.25. The Balaban J connectivity index is 2.54. The van der Waals surface area contributed by atoms with Crippen LogP contribution in [0, 0.1) is 0 Å². The van der Waals surface area contributed by atoms with Gasteiger partial charge in [0.1, 0.15) is 0 Å². The number of rotatable bonds is 0. The molecule has 1 aliphatic heterocycles. The van der Waals surface area contributed by atoms with Crippen LogP contribution in [0.5, 0.6) is 0 Å². The Morgan fingerprint density at radius 2 is 2.60 bits per heavy atom. The molecule has 54 valence electrons. The van der Waals surface area contributed by atoms with Crippen molar-refractivity contribution >= 4 is 5.82 Å². The quantitative estimate of drug-likeness (QED) is 0.546. The maximum absolute atomic E-state index is 5.54. The van der Waals surface area contributed by atoms with E-state index in [1.54, 1.807) is 0 Å². The number of anilines is 1. The molecule has 1 aromatic rings. The van der Waals surface area contributed by atoms with E-state index in [2.05, 4.69) is 10.5 Å². The van der Waals surface area contributed by atoms with Crippen LogP contribution in [0.4, 0.5) is 5.82 Å². The minimum atomic E-state index is 0.293. The van der Waals surface area contributed by atoms with Crippen LogP contribution in [0.3, 0.4) is 0 Å². The summed E-state index contributed by atoms with van der Waals surface area (Å²) >= 11 is 0. The van der Waals surface area contributed by atoms with Gasteiger partial charge < -0.3 is 15.6 Å². The van der Waals surface area contributed by atoms with Crippen LogP contribution in [0.2, 0.25) is 0 Å². The molecule has 1 aromatic heterocycles. The van der Waals surface area contributed by atoms with E-state index in [0.717, 1.165) is 17.9 Å². The van der Waals surface area contributed by atoms with Crippen LogP contribution < -0.4 is 11.1 Å². The number of nitrogens with two attached hydrogens (primary N) is 1. The van der Waals surface area contributed by atoms with Gasteiger partial charge >= 0.3 is 0 Å². The molecule has 0 bridgehead atoms. The van der Waals surface area contributed by atoms with Crippen LogP contribution in [0.25, 0.3) is 0 Å². The normalized spacial score (nSPS) is 23.1. The van der Waals surface area contributed by atoms with Crippen molar-refractivity contribution in [2.24, 2.45) is 0 Å². The van der Waals surface area contributed by atoms with Gasteiger partial charge in [0.2, 0.25) is 0 Å². The summed E-state index contributed by atoms with van der Waals surface area (Å²) in [5.41, 5.74) is 6.57. The predicted octanol–water partition coefficient (Wildman–Crippen LogP) is 0.421. The van der Waals surface area contributed by atoms with E-state index < -0.39 is 0 Å². The fourth-order valence-corrected chi connectivity index (χ4v) is 1.28. The molecule has 1 unspecified atom stereocenters. The lowest BCUT2D eigenvalue weighted by Crippen LogP contribution is -2.09. The van der Waals surface area contributed by atoms with Gasteiger partial charge in [-0.25, -0.2) is 0 Å². The Kier molecular flexibility index (Phi) is 0.990. The second-order valence-corrected chi connectivity index (χ2v) is 2.51. The van der Waals surface area contributed by atoms with Gasteiger partial charge in [-0.1, -0.05) is 5.16 Å². The van der Waals surface area contributed by atoms with Crippen LogP contribution in [-0.4, -0.2) is 5.16 Å². The fourth-order valence-electron chi connectivity index (χ4n) is 1.28. The summed E-state index contributed by atoms with van der Waals surface area (Å²) in [6, 6.07) is 0.293. The second kappa shape index (κ2) is 1.73. The first kappa shape index (κ1) is 5.73. The largest absolute Gasteiger partial charge is 0.381 e. The Labute approximate surface area is 58.4 Å². The Morgan fingerprint density at radius 1 is 1.80 bits per heavy atom. The van der Waals surface area contributed by atoms with Gasteiger partial charge in [-0.15, -0.1) is 0 Å². The summed E-state index contributed by atoms with van der Waals surface area (Å²) in [6.45, 7) is 2.79. The van der Waals surface area contributed by atoms with Crippen molar-refractivity contribution in [3.8, 4) is 0 Å². The van der Waals surface area contributed by atoms with Crippen LogP contribution in [-0.2, 0) is 6.54 Å². The summed E-state index contributed by atoms with van der Waals surface area (Å²) in [7, 11) is 0. The molecule has 0 fully saturated rings. The number of nitrogens with one attached hydrogen (secondary N) is 1. The molecule has 0 aliphatic carbocycles. The lowest BCUT2D eigenvalue weighted by Gasteiger charge is -2.00. The van der Waals surface area contributed by atoms with E-state index in [4.69, 9.17) is 10.3 Å². The van der Waals surface area contributed by atoms with E-state index in [1.807, 2.05) is 6.92 Å². The van der Waals surface area contributed by atoms with Gasteiger partial charge in [0, 0.05) is 6.04 Å². The van der Waals surface area contributed by atoms with E-state index in [1.165, 1.54) is 0 Å². The van der Waals surface area contributed by atoms with Crippen molar-refractivity contribution in [2.75, 3.05) is 5.73 Å². The van der Waals surface area contributed by atoms with Gasteiger partial charge in [-0.3, -0.25) is 0 Å². The van der Waals surface area contributed by atoms with Gasteiger partial charge in [0.25, 0.3) is 0 Å². The van der Waals surface area contributed by atoms with Gasteiger partial charge in [0.15, 0.2) is 11.6 Å². The fraction of sp³-hybridized carbons (Fsp3) is 0.500. The van der Waals surface area contributed by atoms with Crippen molar-refractivity contribution in [1.29, 1.82) is 0 Å². The molecule has 1 aliphatic rings. The highest BCUT2D eigenvalue weighted by molar-refractivity contribution is 5.44. The SMILES string of the molecule is CC1NCc2onc(N)c21. The van der Waals surface area contributed by atoms with Crippen molar-refractivity contribution < 1.29 is 4.52 Å². The molecule has 0 amide bonds. The predicted molar refractivity (Wildman–Crippen MR) is 36.2 cm³/mol. The van der Waals surface area contributed by atoms with E-state index in [-0.39, 0.29) is 0 Å². The highest BCUT2D eigenvalue weighted by Crippen LogP contribution is 2.28. The Hall–Kier alpha value is -1.03. The van der Waals surface area contributed by atoms with Crippen LogP contribution in [0.1, 0.15) is 24.3 Å². The number of fused-ring (bicyclic) bond motifs is 1. The Bertz CT molecular complexity index is 255. The zero-order chi connectivity index (χ0) is 7.14. The number of nitrogens with zero attached hydrogens (tertiary/aromatic N) is 1. The van der Waals surface area contributed by atoms with Crippen molar-refractivity contribution in [3.63, 3.8) is 0 Å². The number of aromatic nitrogens is 1. The molecular weight excluding hydrogens is 130 g/mol. The zero-order valence-corrected chi connectivity index (χ0v) is 5.72. The molecule has 0 spiro atoms. The first-order chi connectivity index (χ1) is 4.79. The lowest BCUT2D eigenvalue weighted by molar-refractivity contribution is 0.383. The Morgan fingerprint density at radius 3 is 3.30 bits per heavy atom. The summed E-state index contributed by atoms with van der Waals surface area (Å²) < 4.78 is 4.94. The monoisotopic (exact) mass is 139 g/mol. The molecule has 4 heteroatoms. The third kappa shape index (κ3) is 0.565. The summed E-state index contributed by atoms with van der Waals surface area (Å²) in [5, 5.41) is 6.84. The lowest BCUT2D eigenvalue weighted by atomic mass is 10.2. The molecule has 0 radical (unpaired) electrons. The maximum atomic E-state index is 5.54. The number of hydrogen-bond acceptors (Lipinski definition) is 4. The van der Waals surface area contributed by atoms with Crippen molar-refractivity contribution in [1.82, 2.24) is 10.5 Å². The van der Waals surface area contributed by atoms with E-state index in [9.17, 15) is 0 Å². The molecule has 10 heavy (non-hydrogen) atoms. The molecule has 0 saturated carbocycles. The first-order valence-corrected chi connectivity index (χ1v) is 3.26. The first-order valence-electron chi connectivity index (χ1n) is 3.26. The molecule has 3 N–H and O–H groups in total. The average Bonchev–Trinajstić information content (AvgIpc) is 2.40. The average molecular weight is 139 g/mol. The van der Waals surface area contributed by atoms with Gasteiger partial charge in [-0.2, -0.15) is 0 Å². The van der Waals surface area contributed by atoms with Gasteiger partial charge in [0.05, 0.1) is 12.1 Å². The van der Waals surface area contributed by atoms with Crippen LogP contribution >= 0.6 is 0 Å². The molecule has 0 saturated heterocycles. The maximum Gasteiger partial charge on any atom is 0.171 e. The molecule has 0 aromatic carbocycles. The van der Waals surface area contributed by atoms with Crippen molar-refractivity contribution in [2.45, 2.75) is 19.5 Å². The minimum absolute atomic E-state index is 0.293. The standard InChI is InChI=1S/C6H9N3O/c1-3-5-4(2-8-3)10-9-6(5)7/h3,8H,2H2,1H3,(H2,7,9). The molecule has 2 rings (SSSR count). The molecular formula is C6H9N3O. The second-order valence-electron chi connectivity index (χ2n) is 2.51. The third-order valence-electron chi connectivity index (χ3n) is 1.83. The van der Waals surface area contributed by atoms with Gasteiger partial charge in [-0.05, 0) is 6.92 Å². The van der Waals surface area contributed by atoms with Crippen molar-refractivity contribution in [3.05, 3.63) is 11.3 Å². The summed E-state index contributed by atoms with van der Waals surface area (Å²) in [5.74, 6) is 1.40. The minimum Gasteiger partial charge on any atom is -0.381 e. The zero-order valence-electron chi connectivity index (χ0n) is 5.72. The molecule has 2 heterocycles. The smallest absolute Gasteiger partial charge is 0.171 e. The number of nitrogen functional groups attached to an aromatic ring is 1. The topological polar surface area (TPSA) is 64.1 Å². The summed E-state index contributed by atoms with van der Waals surface area (Å²) in [6.07, 6.45) is 0.